The first-order valence-electron chi connectivity index (χ1n) is 12.2. The van der Waals surface area contributed by atoms with Crippen LogP contribution in [0.25, 0.3) is 11.1 Å². The second kappa shape index (κ2) is 12.2. The van der Waals surface area contributed by atoms with E-state index < -0.39 is 10.1 Å². The molecule has 7 nitrogen and oxygen atoms in total. The van der Waals surface area contributed by atoms with Crippen molar-refractivity contribution in [1.82, 2.24) is 4.57 Å². The Labute approximate surface area is 236 Å². The second-order valence-electron chi connectivity index (χ2n) is 8.73. The van der Waals surface area contributed by atoms with Crippen molar-refractivity contribution in [2.24, 2.45) is 0 Å². The molecule has 3 heterocycles. The number of hydrogen-bond acceptors (Lipinski definition) is 7. The van der Waals surface area contributed by atoms with Crippen LogP contribution in [0.2, 0.25) is 0 Å². The third-order valence-electron chi connectivity index (χ3n) is 6.04. The van der Waals surface area contributed by atoms with Crippen molar-refractivity contribution in [3.8, 4) is 0 Å². The molecule has 5 rings (SSSR count). The van der Waals surface area contributed by atoms with E-state index in [2.05, 4.69) is 40.3 Å². The van der Waals surface area contributed by atoms with Crippen molar-refractivity contribution in [3.63, 3.8) is 0 Å². The fraction of sp³-hybridized carbons (Fsp3) is 0.172. The maximum Gasteiger partial charge on any atom is 0.271 e. The van der Waals surface area contributed by atoms with Gasteiger partial charge in [0, 0.05) is 36.7 Å². The van der Waals surface area contributed by atoms with Gasteiger partial charge >= 0.3 is 0 Å². The van der Waals surface area contributed by atoms with Crippen molar-refractivity contribution < 1.29 is 17.5 Å². The van der Waals surface area contributed by atoms with Gasteiger partial charge in [0.15, 0.2) is 12.7 Å². The predicted octanol–water partition coefficient (Wildman–Crippen LogP) is 3.44. The van der Waals surface area contributed by atoms with Crippen LogP contribution in [0.1, 0.15) is 18.2 Å². The molecule has 0 N–H and O–H groups in total. The van der Waals surface area contributed by atoms with E-state index in [-0.39, 0.29) is 10.5 Å². The minimum atomic E-state index is -4.27. The standard InChI is InChI=1S/C22H22N3OS2.C7H8O3S/c1-4-13-24-14-9-8-10-16(24)15-19-25(5-2)21(26)20(28-19)22-23(3)17-11-6-7-12-18(17)27-22;1-6-2-4-7(5-3-6)11(8,9)10/h4,6-12,14-15H,1,5,13H2,2-3H3;2-5H,1H3,(H,8,9,10)/q+1;/p-1/b22-20-;. The van der Waals surface area contributed by atoms with Gasteiger partial charge in [-0.1, -0.05) is 48.2 Å². The molecule has 0 spiro atoms. The van der Waals surface area contributed by atoms with Gasteiger partial charge in [-0.15, -0.1) is 11.3 Å². The molecule has 1 aliphatic rings. The van der Waals surface area contributed by atoms with Crippen LogP contribution < -0.4 is 24.2 Å². The highest BCUT2D eigenvalue weighted by Gasteiger charge is 2.24. The Balaban J connectivity index is 0.000000270. The van der Waals surface area contributed by atoms with Crippen molar-refractivity contribution in [2.75, 3.05) is 11.9 Å². The summed E-state index contributed by atoms with van der Waals surface area (Å²) >= 11 is 3.23. The smallest absolute Gasteiger partial charge is 0.271 e. The number of hydrogen-bond donors (Lipinski definition) is 0. The number of benzene rings is 2. The summed E-state index contributed by atoms with van der Waals surface area (Å²) in [5.41, 5.74) is 3.21. The number of thiazole rings is 1. The van der Waals surface area contributed by atoms with Gasteiger partial charge in [0.1, 0.15) is 24.3 Å². The normalized spacial score (nSPS) is 14.6. The molecule has 0 radical (unpaired) electrons. The zero-order valence-electron chi connectivity index (χ0n) is 21.9. The fourth-order valence-corrected chi connectivity index (χ4v) is 6.96. The van der Waals surface area contributed by atoms with Gasteiger partial charge in [0.25, 0.3) is 5.56 Å². The number of fused-ring (bicyclic) bond motifs is 1. The average Bonchev–Trinajstić information content (AvgIpc) is 3.41. The highest BCUT2D eigenvalue weighted by molar-refractivity contribution is 8.08. The van der Waals surface area contributed by atoms with Gasteiger partial charge in [0.05, 0.1) is 10.6 Å². The van der Waals surface area contributed by atoms with Crippen LogP contribution in [0.4, 0.5) is 5.69 Å². The maximum absolute atomic E-state index is 13.2. The molecule has 0 atom stereocenters. The van der Waals surface area contributed by atoms with Crippen LogP contribution in [-0.2, 0) is 23.2 Å². The molecule has 0 amide bonds. The van der Waals surface area contributed by atoms with E-state index >= 15 is 0 Å². The van der Waals surface area contributed by atoms with E-state index in [1.807, 2.05) is 62.0 Å². The first kappa shape index (κ1) is 28.6. The Hall–Kier alpha value is -3.44. The van der Waals surface area contributed by atoms with E-state index in [1.54, 1.807) is 35.2 Å². The molecule has 0 saturated carbocycles. The summed E-state index contributed by atoms with van der Waals surface area (Å²) in [5, 5.41) is 1.00. The summed E-state index contributed by atoms with van der Waals surface area (Å²) in [6, 6.07) is 20.1. The maximum atomic E-state index is 13.2. The number of aryl methyl sites for hydroxylation is 1. The molecule has 1 aliphatic heterocycles. The van der Waals surface area contributed by atoms with Gasteiger partial charge in [-0.05, 0) is 50.3 Å². The lowest BCUT2D eigenvalue weighted by atomic mass is 10.2. The molecule has 39 heavy (non-hydrogen) atoms. The topological polar surface area (TPSA) is 86.3 Å². The van der Waals surface area contributed by atoms with E-state index in [4.69, 9.17) is 0 Å². The van der Waals surface area contributed by atoms with Crippen LogP contribution in [-0.4, -0.2) is 24.6 Å². The van der Waals surface area contributed by atoms with E-state index in [0.29, 0.717) is 6.54 Å². The summed E-state index contributed by atoms with van der Waals surface area (Å²) in [4.78, 5) is 16.3. The molecule has 0 fully saturated rings. The Morgan fingerprint density at radius 2 is 1.74 bits per heavy atom. The molecular weight excluding hydrogens is 551 g/mol. The van der Waals surface area contributed by atoms with Crippen LogP contribution in [0.3, 0.4) is 0 Å². The number of allylic oxidation sites excluding steroid dienone is 1. The highest BCUT2D eigenvalue weighted by atomic mass is 32.2. The van der Waals surface area contributed by atoms with Gasteiger partial charge in [-0.3, -0.25) is 9.36 Å². The Morgan fingerprint density at radius 1 is 1.05 bits per heavy atom. The first-order chi connectivity index (χ1) is 18.6. The molecule has 2 aromatic heterocycles. The largest absolute Gasteiger partial charge is 0.744 e. The molecular formula is C29H29N3O4S3. The summed E-state index contributed by atoms with van der Waals surface area (Å²) in [6.07, 6.45) is 6.00. The Kier molecular flexibility index (Phi) is 8.91. The van der Waals surface area contributed by atoms with Gasteiger partial charge in [-0.25, -0.2) is 8.42 Å². The summed E-state index contributed by atoms with van der Waals surface area (Å²) in [6.45, 7) is 9.05. The third-order valence-corrected chi connectivity index (χ3v) is 9.38. The minimum absolute atomic E-state index is 0.0760. The molecule has 202 valence electrons. The molecule has 0 bridgehead atoms. The third kappa shape index (κ3) is 6.42. The fourth-order valence-electron chi connectivity index (χ4n) is 4.03. The Bertz CT molecular complexity index is 1790. The van der Waals surface area contributed by atoms with Crippen LogP contribution in [0.15, 0.2) is 100 Å². The molecule has 10 heteroatoms. The lowest BCUT2D eigenvalue weighted by Gasteiger charge is -2.11. The van der Waals surface area contributed by atoms with E-state index in [0.717, 1.165) is 37.7 Å². The van der Waals surface area contributed by atoms with Crippen molar-refractivity contribution in [1.29, 1.82) is 0 Å². The quantitative estimate of drug-likeness (QED) is 0.205. The number of rotatable bonds is 5. The number of anilines is 1. The molecule has 0 unspecified atom stereocenters. The number of para-hydroxylation sites is 1. The number of pyridine rings is 1. The van der Waals surface area contributed by atoms with Crippen LogP contribution >= 0.6 is 23.1 Å². The van der Waals surface area contributed by atoms with Crippen LogP contribution in [0.5, 0.6) is 0 Å². The molecule has 0 aliphatic carbocycles. The van der Waals surface area contributed by atoms with Gasteiger partial charge < -0.3 is 9.45 Å². The van der Waals surface area contributed by atoms with Gasteiger partial charge in [-0.2, -0.15) is 4.57 Å². The zero-order chi connectivity index (χ0) is 28.2. The summed E-state index contributed by atoms with van der Waals surface area (Å²) in [7, 11) is -2.24. The average molecular weight is 580 g/mol. The predicted molar refractivity (Wildman–Crippen MR) is 157 cm³/mol. The van der Waals surface area contributed by atoms with Crippen molar-refractivity contribution >= 4 is 50.0 Å². The summed E-state index contributed by atoms with van der Waals surface area (Å²) < 4.78 is 36.9. The van der Waals surface area contributed by atoms with Gasteiger partial charge in [0.2, 0.25) is 5.69 Å². The zero-order valence-corrected chi connectivity index (χ0v) is 24.4. The number of thioether (sulfide) groups is 1. The lowest BCUT2D eigenvalue weighted by Crippen LogP contribution is -2.37. The van der Waals surface area contributed by atoms with E-state index in [9.17, 15) is 17.8 Å². The number of nitrogens with zero attached hydrogens (tertiary/aromatic N) is 3. The van der Waals surface area contributed by atoms with E-state index in [1.165, 1.54) is 17.0 Å². The number of aromatic nitrogens is 2. The van der Waals surface area contributed by atoms with Crippen molar-refractivity contribution in [3.05, 3.63) is 116 Å². The van der Waals surface area contributed by atoms with Crippen LogP contribution in [0, 0.1) is 6.92 Å². The molecule has 2 aromatic carbocycles. The second-order valence-corrected chi connectivity index (χ2v) is 12.2. The first-order valence-corrected chi connectivity index (χ1v) is 15.3. The summed E-state index contributed by atoms with van der Waals surface area (Å²) in [5.74, 6) is 0. The SMILES string of the molecule is C=CC[n+]1ccccc1/C=c1/s/c(=C2\Sc3ccccc3N2C)c(=O)n1CC.Cc1ccc(S(=O)(=O)[O-])cc1. The van der Waals surface area contributed by atoms with Crippen molar-refractivity contribution in [2.45, 2.75) is 36.7 Å². The highest BCUT2D eigenvalue weighted by Crippen LogP contribution is 2.44. The Morgan fingerprint density at radius 3 is 2.38 bits per heavy atom. The molecule has 4 aromatic rings. The molecule has 0 saturated heterocycles. The lowest BCUT2D eigenvalue weighted by molar-refractivity contribution is -0.688. The monoisotopic (exact) mass is 579 g/mol. The minimum Gasteiger partial charge on any atom is -0.744 e.